The van der Waals surface area contributed by atoms with Gasteiger partial charge in [0.15, 0.2) is 0 Å². The predicted molar refractivity (Wildman–Crippen MR) is 215 cm³/mol. The highest BCUT2D eigenvalue weighted by molar-refractivity contribution is 8.28. The van der Waals surface area contributed by atoms with Crippen LogP contribution in [-0.2, 0) is 47.8 Å². The minimum absolute atomic E-state index is 0.175. The van der Waals surface area contributed by atoms with E-state index in [9.17, 15) is 0 Å². The number of hydrogen-bond acceptors (Lipinski definition) is 4. The fraction of sp³-hybridized carbons (Fsp3) is 0.0769. The summed E-state index contributed by atoms with van der Waals surface area (Å²) in [6.45, 7) is 1.87. The van der Waals surface area contributed by atoms with E-state index in [0.717, 1.165) is 17.7 Å². The van der Waals surface area contributed by atoms with Crippen molar-refractivity contribution < 1.29 is 26.3 Å². The summed E-state index contributed by atoms with van der Waals surface area (Å²) in [4.78, 5) is 1.88. The van der Waals surface area contributed by atoms with Gasteiger partial charge in [-0.15, -0.1) is 0 Å². The number of halogens is 6. The molecule has 0 bridgehead atoms. The Balaban J connectivity index is 1.59. The molecule has 3 heterocycles. The Bertz CT molecular complexity index is 2500. The van der Waals surface area contributed by atoms with Gasteiger partial charge in [-0.3, -0.25) is 0 Å². The first-order valence-corrected chi connectivity index (χ1v) is 24.5. The van der Waals surface area contributed by atoms with E-state index in [4.69, 9.17) is 35.4 Å². The Morgan fingerprint density at radius 3 is 0.923 bits per heavy atom. The number of aryl methyl sites for hydroxylation is 1. The quantitative estimate of drug-likeness (QED) is 0.133. The first-order valence-electron chi connectivity index (χ1n) is 16.1. The lowest BCUT2D eigenvalue weighted by Gasteiger charge is -2.52. The molecule has 13 heteroatoms. The first kappa shape index (κ1) is 34.4. The van der Waals surface area contributed by atoms with Crippen molar-refractivity contribution >= 4 is 118 Å². The lowest BCUT2D eigenvalue weighted by Crippen LogP contribution is -2.53. The zero-order chi connectivity index (χ0) is 36.6. The maximum Gasteiger partial charge on any atom is 0.416 e. The molecule has 6 aromatic rings. The van der Waals surface area contributed by atoms with Gasteiger partial charge in [0.05, 0.1) is 28.2 Å². The highest BCUT2D eigenvalue weighted by Crippen LogP contribution is 2.66. The second-order valence-corrected chi connectivity index (χ2v) is 26.1. The van der Waals surface area contributed by atoms with Crippen LogP contribution < -0.4 is 52.6 Å². The monoisotopic (exact) mass is 809 g/mol. The number of nitrogens with zero attached hydrogens (tertiary/aromatic N) is 1. The maximum absolute atomic E-state index is 15.1. The third kappa shape index (κ3) is 4.52. The van der Waals surface area contributed by atoms with Gasteiger partial charge in [0.25, 0.3) is 0 Å². The number of alkyl halides is 6. The molecule has 260 valence electrons. The second kappa shape index (κ2) is 11.3. The number of anilines is 3. The van der Waals surface area contributed by atoms with Gasteiger partial charge >= 0.3 is 12.4 Å². The summed E-state index contributed by atoms with van der Waals surface area (Å²) in [6.07, 6.45) is -9.60. The van der Waals surface area contributed by atoms with E-state index in [1.165, 1.54) is 12.1 Å². The molecule has 0 spiro atoms. The fourth-order valence-electron chi connectivity index (χ4n) is 7.88. The van der Waals surface area contributed by atoms with Gasteiger partial charge in [-0.25, -0.2) is 0 Å². The van der Waals surface area contributed by atoms with Crippen molar-refractivity contribution in [3.05, 3.63) is 144 Å². The van der Waals surface area contributed by atoms with E-state index in [-0.39, 0.29) is 10.6 Å². The van der Waals surface area contributed by atoms with Crippen LogP contribution in [0.3, 0.4) is 0 Å². The Morgan fingerprint density at radius 2 is 0.673 bits per heavy atom. The van der Waals surface area contributed by atoms with Crippen molar-refractivity contribution in [3.8, 4) is 0 Å². The summed E-state index contributed by atoms with van der Waals surface area (Å²) in [6, 6.07) is 25.1. The lowest BCUT2D eigenvalue weighted by atomic mass is 10.1. The van der Waals surface area contributed by atoms with Crippen LogP contribution in [0.4, 0.5) is 43.4 Å². The van der Waals surface area contributed by atoms with Crippen LogP contribution in [0.2, 0.25) is 0 Å². The van der Waals surface area contributed by atoms with Crippen LogP contribution in [0.5, 0.6) is 0 Å². The smallest absolute Gasteiger partial charge is 0.306 e. The van der Waals surface area contributed by atoms with Crippen molar-refractivity contribution in [1.29, 1.82) is 0 Å². The van der Waals surface area contributed by atoms with E-state index in [0.29, 0.717) is 54.2 Å². The fourth-order valence-corrected chi connectivity index (χ4v) is 21.1. The van der Waals surface area contributed by atoms with Crippen LogP contribution in [-0.4, -0.2) is 0 Å². The molecule has 52 heavy (non-hydrogen) atoms. The van der Waals surface area contributed by atoms with Crippen molar-refractivity contribution in [1.82, 2.24) is 0 Å². The number of benzene rings is 6. The second-order valence-electron chi connectivity index (χ2n) is 13.0. The zero-order valence-electron chi connectivity index (χ0n) is 26.9. The molecule has 0 fully saturated rings. The van der Waals surface area contributed by atoms with Crippen LogP contribution >= 0.6 is 18.1 Å². The Morgan fingerprint density at radius 1 is 0.423 bits per heavy atom. The standard InChI is InChI=1S/C39H24F6NP3S3/c1-23-17-29-35-30(18-23)48(51,27-13-7-3-8-14-27)32-20-25(39(43,44)45)22-34-37(32)46(35)36-31(47(29,50)26-11-5-2-6-12-26)19-24(38(40,41)42)21-33(36)49(34,52)28-15-9-4-10-16-28/h2-22H,1H3. The molecule has 0 radical (unpaired) electrons. The molecule has 2 atom stereocenters. The molecular formula is C39H24F6NP3S3. The largest absolute Gasteiger partial charge is 0.416 e. The summed E-state index contributed by atoms with van der Waals surface area (Å²) in [5, 5.41) is 4.19. The molecule has 3 aliphatic rings. The van der Waals surface area contributed by atoms with Crippen LogP contribution in [0.15, 0.2) is 127 Å². The number of hydrogen-bond donors (Lipinski definition) is 0. The van der Waals surface area contributed by atoms with Gasteiger partial charge in [-0.1, -0.05) is 126 Å². The third-order valence-corrected chi connectivity index (χ3v) is 24.7. The summed E-state index contributed by atoms with van der Waals surface area (Å²) >= 11 is 20.3. The average molecular weight is 810 g/mol. The Hall–Kier alpha value is -3.35. The normalized spacial score (nSPS) is 22.6. The van der Waals surface area contributed by atoms with Crippen molar-refractivity contribution in [2.45, 2.75) is 19.3 Å². The van der Waals surface area contributed by atoms with Gasteiger partial charge in [-0.05, 0) is 64.8 Å². The van der Waals surface area contributed by atoms with Gasteiger partial charge < -0.3 is 4.90 Å². The highest BCUT2D eigenvalue weighted by atomic mass is 32.4. The molecule has 0 saturated heterocycles. The van der Waals surface area contributed by atoms with E-state index >= 15 is 26.3 Å². The molecular weight excluding hydrogens is 786 g/mol. The lowest BCUT2D eigenvalue weighted by molar-refractivity contribution is -0.138. The summed E-state index contributed by atoms with van der Waals surface area (Å²) in [5.74, 6) is 0. The van der Waals surface area contributed by atoms with E-state index in [2.05, 4.69) is 0 Å². The van der Waals surface area contributed by atoms with Crippen molar-refractivity contribution in [2.75, 3.05) is 4.90 Å². The third-order valence-electron chi connectivity index (χ3n) is 10.1. The molecule has 2 unspecified atom stereocenters. The highest BCUT2D eigenvalue weighted by Gasteiger charge is 2.54. The zero-order valence-corrected chi connectivity index (χ0v) is 32.0. The minimum atomic E-state index is -4.80. The van der Waals surface area contributed by atoms with Crippen LogP contribution in [0, 0.1) is 6.92 Å². The summed E-state index contributed by atoms with van der Waals surface area (Å²) in [5.41, 5.74) is 0.425. The van der Waals surface area contributed by atoms with E-state index in [1.54, 1.807) is 30.3 Å². The van der Waals surface area contributed by atoms with E-state index in [1.807, 2.05) is 84.6 Å². The molecule has 1 nitrogen and oxygen atoms in total. The van der Waals surface area contributed by atoms with Gasteiger partial charge in [-0.2, -0.15) is 26.3 Å². The van der Waals surface area contributed by atoms with Gasteiger partial charge in [0.1, 0.15) is 0 Å². The molecule has 0 aromatic heterocycles. The van der Waals surface area contributed by atoms with Crippen LogP contribution in [0.1, 0.15) is 16.7 Å². The first-order chi connectivity index (χ1) is 24.6. The van der Waals surface area contributed by atoms with Gasteiger partial charge in [0.2, 0.25) is 0 Å². The number of rotatable bonds is 3. The Labute approximate surface area is 311 Å². The van der Waals surface area contributed by atoms with Crippen LogP contribution in [0.25, 0.3) is 0 Å². The summed E-state index contributed by atoms with van der Waals surface area (Å²) < 4.78 is 90.7. The summed E-state index contributed by atoms with van der Waals surface area (Å²) in [7, 11) is 0. The van der Waals surface area contributed by atoms with Crippen molar-refractivity contribution in [2.24, 2.45) is 0 Å². The molecule has 0 amide bonds. The predicted octanol–water partition coefficient (Wildman–Crippen LogP) is 7.71. The SMILES string of the molecule is Cc1cc2c3c(c1)P(=S)(c1ccccc1)c1cc(C(F)(F)F)cc4c1N3c1c(cc(C(F)(F)F)cc1P4(=S)c1ccccc1)P2(=S)c1ccccc1. The van der Waals surface area contributed by atoms with Crippen molar-refractivity contribution in [3.63, 3.8) is 0 Å². The van der Waals surface area contributed by atoms with Gasteiger partial charge in [0, 0.05) is 49.9 Å². The topological polar surface area (TPSA) is 3.24 Å². The molecule has 6 aromatic carbocycles. The minimum Gasteiger partial charge on any atom is -0.306 e. The molecule has 3 aliphatic heterocycles. The molecule has 0 saturated carbocycles. The van der Waals surface area contributed by atoms with E-state index < -0.39 is 41.6 Å². The maximum atomic E-state index is 15.1. The molecule has 0 aliphatic carbocycles. The molecule has 9 rings (SSSR count). The average Bonchev–Trinajstić information content (AvgIpc) is 3.13. The Kier molecular flexibility index (Phi) is 7.50. The molecule has 0 N–H and O–H groups in total.